The lowest BCUT2D eigenvalue weighted by Crippen LogP contribution is -2.04. The molecule has 3 nitrogen and oxygen atoms in total. The van der Waals surface area contributed by atoms with Crippen molar-refractivity contribution in [1.29, 1.82) is 5.26 Å². The molecule has 0 radical (unpaired) electrons. The highest BCUT2D eigenvalue weighted by atomic mass is 32.2. The molecule has 0 bridgehead atoms. The first kappa shape index (κ1) is 13.1. The summed E-state index contributed by atoms with van der Waals surface area (Å²) in [5, 5.41) is 20.5. The van der Waals surface area contributed by atoms with E-state index in [0.29, 0.717) is 10.6 Å². The normalized spacial score (nSPS) is 10.3. The Morgan fingerprint density at radius 3 is 2.72 bits per heavy atom. The molecule has 18 heavy (non-hydrogen) atoms. The molecule has 0 aliphatic carbocycles. The fraction of sp³-hybridized carbons (Fsp3) is 0.308. The van der Waals surface area contributed by atoms with Crippen LogP contribution in [0.5, 0.6) is 0 Å². The molecule has 0 spiro atoms. The van der Waals surface area contributed by atoms with Gasteiger partial charge in [-0.05, 0) is 29.9 Å². The van der Waals surface area contributed by atoms with Gasteiger partial charge in [-0.1, -0.05) is 31.7 Å². The van der Waals surface area contributed by atoms with Crippen LogP contribution >= 0.6 is 23.1 Å². The van der Waals surface area contributed by atoms with Gasteiger partial charge in [-0.2, -0.15) is 10.4 Å². The lowest BCUT2D eigenvalue weighted by molar-refractivity contribution is 0.818. The molecule has 0 atom stereocenters. The molecule has 2 aromatic heterocycles. The maximum atomic E-state index is 9.35. The summed E-state index contributed by atoms with van der Waals surface area (Å²) in [7, 11) is 0. The number of aryl methyl sites for hydroxylation is 1. The van der Waals surface area contributed by atoms with Gasteiger partial charge < -0.3 is 0 Å². The largest absolute Gasteiger partial charge is 0.192 e. The summed E-state index contributed by atoms with van der Waals surface area (Å²) < 4.78 is 1.13. The Balaban J connectivity index is 2.45. The van der Waals surface area contributed by atoms with Crippen molar-refractivity contribution < 1.29 is 0 Å². The van der Waals surface area contributed by atoms with E-state index in [0.717, 1.165) is 28.3 Å². The number of rotatable bonds is 4. The van der Waals surface area contributed by atoms with Crippen LogP contribution in [-0.4, -0.2) is 10.2 Å². The Morgan fingerprint density at radius 2 is 2.17 bits per heavy atom. The van der Waals surface area contributed by atoms with Crippen molar-refractivity contribution in [3.8, 4) is 6.07 Å². The van der Waals surface area contributed by atoms with Gasteiger partial charge in [0.1, 0.15) is 11.1 Å². The molecule has 0 aromatic carbocycles. The summed E-state index contributed by atoms with van der Waals surface area (Å²) in [6.07, 6.45) is 1.63. The van der Waals surface area contributed by atoms with E-state index in [9.17, 15) is 5.26 Å². The molecule has 2 aromatic rings. The number of nitriles is 1. The number of hydrogen-bond acceptors (Lipinski definition) is 5. The van der Waals surface area contributed by atoms with Gasteiger partial charge in [-0.3, -0.25) is 0 Å². The monoisotopic (exact) mass is 275 g/mol. The fourth-order valence-corrected chi connectivity index (χ4v) is 3.49. The second-order valence-electron chi connectivity index (χ2n) is 3.66. The molecule has 0 fully saturated rings. The Labute approximate surface area is 115 Å². The topological polar surface area (TPSA) is 49.6 Å². The minimum atomic E-state index is 0.683. The summed E-state index contributed by atoms with van der Waals surface area (Å²) in [6.45, 7) is 4.09. The summed E-state index contributed by atoms with van der Waals surface area (Å²) in [5.74, 6) is 0. The number of thiophene rings is 1. The van der Waals surface area contributed by atoms with Gasteiger partial charge in [0.2, 0.25) is 0 Å². The van der Waals surface area contributed by atoms with E-state index in [4.69, 9.17) is 0 Å². The molecule has 0 unspecified atom stereocenters. The Bertz CT molecular complexity index is 571. The summed E-state index contributed by atoms with van der Waals surface area (Å²) in [5.41, 5.74) is 2.65. The quantitative estimate of drug-likeness (QED) is 0.854. The second kappa shape index (κ2) is 5.98. The van der Waals surface area contributed by atoms with E-state index < -0.39 is 0 Å². The molecule has 0 saturated carbocycles. The third-order valence-corrected chi connectivity index (χ3v) is 4.63. The first-order valence-corrected chi connectivity index (χ1v) is 7.49. The molecule has 0 saturated heterocycles. The maximum Gasteiger partial charge on any atom is 0.142 e. The predicted molar refractivity (Wildman–Crippen MR) is 73.9 cm³/mol. The predicted octanol–water partition coefficient (Wildman–Crippen LogP) is 3.69. The van der Waals surface area contributed by atoms with Crippen LogP contribution in [0.2, 0.25) is 0 Å². The fourth-order valence-electron chi connectivity index (χ4n) is 1.76. The highest BCUT2D eigenvalue weighted by Crippen LogP contribution is 2.33. The zero-order chi connectivity index (χ0) is 13.0. The van der Waals surface area contributed by atoms with Crippen LogP contribution in [0, 0.1) is 11.3 Å². The number of hydrogen-bond donors (Lipinski definition) is 0. The van der Waals surface area contributed by atoms with Gasteiger partial charge in [-0.15, -0.1) is 16.4 Å². The van der Waals surface area contributed by atoms with Crippen LogP contribution in [0.3, 0.4) is 0 Å². The Kier molecular flexibility index (Phi) is 4.34. The third-order valence-electron chi connectivity index (χ3n) is 2.62. The lowest BCUT2D eigenvalue weighted by atomic mass is 10.1. The van der Waals surface area contributed by atoms with Gasteiger partial charge in [-0.25, -0.2) is 0 Å². The van der Waals surface area contributed by atoms with Crippen molar-refractivity contribution in [3.05, 3.63) is 34.3 Å². The molecule has 5 heteroatoms. The first-order chi connectivity index (χ1) is 8.80. The van der Waals surface area contributed by atoms with Crippen molar-refractivity contribution in [3.63, 3.8) is 0 Å². The minimum absolute atomic E-state index is 0.683. The average molecular weight is 275 g/mol. The van der Waals surface area contributed by atoms with Crippen LogP contribution in [0.4, 0.5) is 0 Å². The van der Waals surface area contributed by atoms with Crippen LogP contribution in [0.25, 0.3) is 0 Å². The van der Waals surface area contributed by atoms with E-state index in [1.54, 1.807) is 11.3 Å². The van der Waals surface area contributed by atoms with Gasteiger partial charge in [0.25, 0.3) is 0 Å². The maximum absolute atomic E-state index is 9.35. The van der Waals surface area contributed by atoms with Crippen molar-refractivity contribution >= 4 is 23.1 Å². The number of aromatic nitrogens is 2. The molecule has 0 aliphatic heterocycles. The Morgan fingerprint density at radius 1 is 1.33 bits per heavy atom. The van der Waals surface area contributed by atoms with Gasteiger partial charge in [0, 0.05) is 0 Å². The highest BCUT2D eigenvalue weighted by Gasteiger charge is 2.15. The van der Waals surface area contributed by atoms with Crippen LogP contribution in [0.15, 0.2) is 26.7 Å². The molecule has 2 heterocycles. The summed E-state index contributed by atoms with van der Waals surface area (Å²) in [6, 6.07) is 6.30. The molecule has 2 rings (SSSR count). The smallest absolute Gasteiger partial charge is 0.142 e. The van der Waals surface area contributed by atoms with Crippen LogP contribution in [-0.2, 0) is 12.8 Å². The standard InChI is InChI=1S/C13H13N3S2/c1-3-9-10(8-14)13(16-15-11(9)4-2)18-12-6-5-7-17-12/h5-7H,3-4H2,1-2H3. The van der Waals surface area contributed by atoms with Gasteiger partial charge in [0.05, 0.1) is 15.5 Å². The zero-order valence-electron chi connectivity index (χ0n) is 10.3. The van der Waals surface area contributed by atoms with E-state index in [1.165, 1.54) is 11.8 Å². The van der Waals surface area contributed by atoms with Crippen molar-refractivity contribution in [2.75, 3.05) is 0 Å². The SMILES string of the molecule is CCc1nnc(Sc2cccs2)c(C#N)c1CC. The zero-order valence-corrected chi connectivity index (χ0v) is 11.9. The average Bonchev–Trinajstić information content (AvgIpc) is 2.90. The first-order valence-electron chi connectivity index (χ1n) is 5.80. The molecule has 92 valence electrons. The van der Waals surface area contributed by atoms with Crippen molar-refractivity contribution in [2.45, 2.75) is 35.9 Å². The summed E-state index contributed by atoms with van der Waals surface area (Å²) >= 11 is 3.16. The molecular weight excluding hydrogens is 262 g/mol. The summed E-state index contributed by atoms with van der Waals surface area (Å²) in [4.78, 5) is 0. The lowest BCUT2D eigenvalue weighted by Gasteiger charge is -2.09. The van der Waals surface area contributed by atoms with Gasteiger partial charge in [0.15, 0.2) is 0 Å². The molecule has 0 N–H and O–H groups in total. The van der Waals surface area contributed by atoms with E-state index in [-0.39, 0.29) is 0 Å². The Hall–Kier alpha value is -1.38. The van der Waals surface area contributed by atoms with Crippen molar-refractivity contribution in [2.24, 2.45) is 0 Å². The third kappa shape index (κ3) is 2.55. The van der Waals surface area contributed by atoms with E-state index >= 15 is 0 Å². The van der Waals surface area contributed by atoms with Crippen LogP contribution in [0.1, 0.15) is 30.7 Å². The minimum Gasteiger partial charge on any atom is -0.192 e. The second-order valence-corrected chi connectivity index (χ2v) is 5.90. The van der Waals surface area contributed by atoms with E-state index in [2.05, 4.69) is 23.2 Å². The van der Waals surface area contributed by atoms with Crippen molar-refractivity contribution in [1.82, 2.24) is 10.2 Å². The number of nitrogens with zero attached hydrogens (tertiary/aromatic N) is 3. The molecular formula is C13H13N3S2. The highest BCUT2D eigenvalue weighted by molar-refractivity contribution is 8.01. The van der Waals surface area contributed by atoms with Crippen LogP contribution < -0.4 is 0 Å². The molecule has 0 aliphatic rings. The van der Waals surface area contributed by atoms with Gasteiger partial charge >= 0.3 is 0 Å². The van der Waals surface area contributed by atoms with E-state index in [1.807, 2.05) is 24.4 Å². The molecule has 0 amide bonds.